The zero-order chi connectivity index (χ0) is 11.2. The molecule has 0 aliphatic rings. The van der Waals surface area contributed by atoms with Crippen molar-refractivity contribution in [1.82, 2.24) is 10.6 Å². The summed E-state index contributed by atoms with van der Waals surface area (Å²) < 4.78 is 0. The Balaban J connectivity index is 3.93. The fourth-order valence-electron chi connectivity index (χ4n) is 1.05. The Kier molecular flexibility index (Phi) is 5.46. The van der Waals surface area contributed by atoms with Crippen LogP contribution >= 0.6 is 0 Å². The number of hydrogen-bond donors (Lipinski definition) is 2. The molecule has 0 bridgehead atoms. The molecule has 0 spiro atoms. The Morgan fingerprint density at radius 2 is 2.00 bits per heavy atom. The van der Waals surface area contributed by atoms with Crippen molar-refractivity contribution in [3.63, 3.8) is 0 Å². The zero-order valence-corrected chi connectivity index (χ0v) is 9.74. The van der Waals surface area contributed by atoms with Crippen molar-refractivity contribution in [1.29, 1.82) is 0 Å². The largest absolute Gasteiger partial charge is 0.347 e. The Morgan fingerprint density at radius 1 is 1.43 bits per heavy atom. The van der Waals surface area contributed by atoms with Crippen molar-refractivity contribution in [3.8, 4) is 0 Å². The minimum atomic E-state index is -0.168. The summed E-state index contributed by atoms with van der Waals surface area (Å²) in [6.45, 7) is 13.3. The van der Waals surface area contributed by atoms with Gasteiger partial charge in [-0.3, -0.25) is 4.79 Å². The summed E-state index contributed by atoms with van der Waals surface area (Å²) in [6.07, 6.45) is 0.917. The molecule has 3 nitrogen and oxygen atoms in total. The predicted octanol–water partition coefficient (Wildman–Crippen LogP) is 1.46. The quantitative estimate of drug-likeness (QED) is 0.501. The first kappa shape index (κ1) is 13.2. The number of carbonyl (C=O) groups is 1. The second kappa shape index (κ2) is 5.81. The van der Waals surface area contributed by atoms with E-state index in [2.05, 4.69) is 24.1 Å². The van der Waals surface area contributed by atoms with E-state index < -0.39 is 0 Å². The van der Waals surface area contributed by atoms with Crippen LogP contribution in [0.2, 0.25) is 0 Å². The maximum Gasteiger partial charge on any atom is 0.246 e. The van der Waals surface area contributed by atoms with Gasteiger partial charge < -0.3 is 10.6 Å². The van der Waals surface area contributed by atoms with E-state index in [0.717, 1.165) is 19.5 Å². The Hall–Kier alpha value is -0.830. The minimum absolute atomic E-state index is 0.0634. The van der Waals surface area contributed by atoms with Crippen LogP contribution in [0.1, 0.15) is 34.1 Å². The normalized spacial score (nSPS) is 11.1. The highest BCUT2D eigenvalue weighted by Gasteiger charge is 2.19. The molecule has 0 unspecified atom stereocenters. The van der Waals surface area contributed by atoms with E-state index in [1.54, 1.807) is 6.92 Å². The van der Waals surface area contributed by atoms with Gasteiger partial charge in [0.15, 0.2) is 0 Å². The van der Waals surface area contributed by atoms with Crippen molar-refractivity contribution < 1.29 is 4.79 Å². The number of hydrogen-bond acceptors (Lipinski definition) is 2. The fraction of sp³-hybridized carbons (Fsp3) is 0.727. The van der Waals surface area contributed by atoms with Crippen LogP contribution in [0, 0.1) is 0 Å². The molecule has 0 atom stereocenters. The van der Waals surface area contributed by atoms with Crippen LogP contribution in [0.15, 0.2) is 12.2 Å². The molecule has 0 rings (SSSR count). The highest BCUT2D eigenvalue weighted by Crippen LogP contribution is 2.08. The van der Waals surface area contributed by atoms with E-state index in [1.807, 2.05) is 13.8 Å². The van der Waals surface area contributed by atoms with Crippen LogP contribution in [-0.4, -0.2) is 24.5 Å². The lowest BCUT2D eigenvalue weighted by atomic mass is 10.00. The molecular formula is C11H22N2O. The van der Waals surface area contributed by atoms with Gasteiger partial charge in [-0.1, -0.05) is 13.5 Å². The number of rotatable bonds is 6. The smallest absolute Gasteiger partial charge is 0.246 e. The summed E-state index contributed by atoms with van der Waals surface area (Å²) in [5.74, 6) is -0.0634. The van der Waals surface area contributed by atoms with Gasteiger partial charge in [-0.2, -0.15) is 0 Å². The number of amides is 1. The highest BCUT2D eigenvalue weighted by molar-refractivity contribution is 5.92. The van der Waals surface area contributed by atoms with Crippen LogP contribution < -0.4 is 10.6 Å². The van der Waals surface area contributed by atoms with Gasteiger partial charge in [-0.15, -0.1) is 0 Å². The van der Waals surface area contributed by atoms with Crippen molar-refractivity contribution >= 4 is 5.91 Å². The topological polar surface area (TPSA) is 41.1 Å². The molecule has 0 aromatic heterocycles. The molecule has 3 heteroatoms. The summed E-state index contributed by atoms with van der Waals surface area (Å²) >= 11 is 0. The van der Waals surface area contributed by atoms with Gasteiger partial charge in [-0.25, -0.2) is 0 Å². The monoisotopic (exact) mass is 198 g/mol. The Morgan fingerprint density at radius 3 is 2.43 bits per heavy atom. The third kappa shape index (κ3) is 5.75. The molecule has 0 fully saturated rings. The minimum Gasteiger partial charge on any atom is -0.347 e. The molecule has 14 heavy (non-hydrogen) atoms. The number of carbonyl (C=O) groups excluding carboxylic acids is 1. The lowest BCUT2D eigenvalue weighted by Gasteiger charge is -2.26. The van der Waals surface area contributed by atoms with Gasteiger partial charge in [0.05, 0.1) is 0 Å². The second-order valence-electron chi connectivity index (χ2n) is 4.22. The van der Waals surface area contributed by atoms with E-state index in [9.17, 15) is 4.79 Å². The van der Waals surface area contributed by atoms with Gasteiger partial charge in [-0.05, 0) is 40.3 Å². The van der Waals surface area contributed by atoms with Crippen molar-refractivity contribution in [2.45, 2.75) is 39.7 Å². The molecule has 0 heterocycles. The summed E-state index contributed by atoms with van der Waals surface area (Å²) in [5, 5.41) is 6.17. The first-order chi connectivity index (χ1) is 6.39. The molecule has 0 aliphatic carbocycles. The van der Waals surface area contributed by atoms with E-state index in [1.165, 1.54) is 0 Å². The van der Waals surface area contributed by atoms with Gasteiger partial charge in [0.2, 0.25) is 5.91 Å². The molecule has 0 saturated heterocycles. The van der Waals surface area contributed by atoms with Gasteiger partial charge in [0, 0.05) is 11.1 Å². The molecule has 2 N–H and O–H groups in total. The average molecular weight is 198 g/mol. The fourth-order valence-corrected chi connectivity index (χ4v) is 1.05. The highest BCUT2D eigenvalue weighted by atomic mass is 16.1. The molecular weight excluding hydrogens is 176 g/mol. The molecule has 0 aromatic carbocycles. The van der Waals surface area contributed by atoms with Crippen molar-refractivity contribution in [2.24, 2.45) is 0 Å². The van der Waals surface area contributed by atoms with Crippen LogP contribution in [0.4, 0.5) is 0 Å². The van der Waals surface area contributed by atoms with Gasteiger partial charge in [0.25, 0.3) is 0 Å². The molecule has 0 saturated carbocycles. The van der Waals surface area contributed by atoms with Crippen LogP contribution in [0.5, 0.6) is 0 Å². The third-order valence-corrected chi connectivity index (χ3v) is 2.02. The summed E-state index contributed by atoms with van der Waals surface area (Å²) in [5.41, 5.74) is 0.389. The van der Waals surface area contributed by atoms with E-state index >= 15 is 0 Å². The van der Waals surface area contributed by atoms with E-state index in [-0.39, 0.29) is 11.4 Å². The van der Waals surface area contributed by atoms with Crippen LogP contribution in [-0.2, 0) is 4.79 Å². The lowest BCUT2D eigenvalue weighted by Crippen LogP contribution is -2.45. The summed E-state index contributed by atoms with van der Waals surface area (Å²) in [6, 6.07) is 0. The molecule has 1 amide bonds. The molecule has 82 valence electrons. The van der Waals surface area contributed by atoms with Crippen LogP contribution in [0.25, 0.3) is 0 Å². The van der Waals surface area contributed by atoms with Crippen molar-refractivity contribution in [2.75, 3.05) is 13.1 Å². The van der Waals surface area contributed by atoms with Gasteiger partial charge in [0.1, 0.15) is 0 Å². The molecule has 0 radical (unpaired) electrons. The Labute approximate surface area is 87.0 Å². The molecule has 0 aromatic rings. The number of nitrogens with one attached hydrogen (secondary N) is 2. The maximum atomic E-state index is 11.4. The van der Waals surface area contributed by atoms with Crippen LogP contribution in [0.3, 0.4) is 0 Å². The zero-order valence-electron chi connectivity index (χ0n) is 9.74. The third-order valence-electron chi connectivity index (χ3n) is 2.02. The first-order valence-corrected chi connectivity index (χ1v) is 5.08. The summed E-state index contributed by atoms with van der Waals surface area (Å²) in [7, 11) is 0. The first-order valence-electron chi connectivity index (χ1n) is 5.08. The van der Waals surface area contributed by atoms with Gasteiger partial charge >= 0.3 is 0 Å². The summed E-state index contributed by atoms with van der Waals surface area (Å²) in [4.78, 5) is 11.4. The van der Waals surface area contributed by atoms with E-state index in [4.69, 9.17) is 0 Å². The van der Waals surface area contributed by atoms with E-state index in [0.29, 0.717) is 5.57 Å². The standard InChI is InChI=1S/C11H22N2O/c1-6-12-8-7-11(4,5)13-10(14)9(2)3/h12H,2,6-8H2,1,3-5H3,(H,13,14). The maximum absolute atomic E-state index is 11.4. The average Bonchev–Trinajstić information content (AvgIpc) is 2.03. The predicted molar refractivity (Wildman–Crippen MR) is 60.2 cm³/mol. The van der Waals surface area contributed by atoms with Crippen molar-refractivity contribution in [3.05, 3.63) is 12.2 Å². The lowest BCUT2D eigenvalue weighted by molar-refractivity contribution is -0.119. The Bertz CT molecular complexity index is 209. The SMILES string of the molecule is C=C(C)C(=O)NC(C)(C)CCNCC. The second-order valence-corrected chi connectivity index (χ2v) is 4.22. The molecule has 0 aliphatic heterocycles.